The first kappa shape index (κ1) is 22.0. The van der Waals surface area contributed by atoms with Crippen LogP contribution in [0.15, 0.2) is 33.6 Å². The predicted molar refractivity (Wildman–Crippen MR) is 117 cm³/mol. The van der Waals surface area contributed by atoms with Crippen LogP contribution < -0.4 is 10.5 Å². The third kappa shape index (κ3) is 3.86. The summed E-state index contributed by atoms with van der Waals surface area (Å²) in [6.07, 6.45) is 5.60. The molecule has 2 unspecified atom stereocenters. The molecule has 4 bridgehead atoms. The van der Waals surface area contributed by atoms with Crippen LogP contribution in [0, 0.1) is 22.7 Å². The number of halogens is 1. The normalized spacial score (nSPS) is 32.9. The molecule has 0 heterocycles. The number of carbonyl (C=O) groups excluding carboxylic acids is 2. The highest BCUT2D eigenvalue weighted by molar-refractivity contribution is 9.10. The molecule has 6 nitrogen and oxygen atoms in total. The summed E-state index contributed by atoms with van der Waals surface area (Å²) in [5.41, 5.74) is 3.85. The molecule has 2 atom stereocenters. The van der Waals surface area contributed by atoms with Gasteiger partial charge in [-0.15, -0.1) is 0 Å². The van der Waals surface area contributed by atoms with Crippen LogP contribution >= 0.6 is 15.9 Å². The third-order valence-corrected chi connectivity index (χ3v) is 9.65. The van der Waals surface area contributed by atoms with E-state index in [1.807, 2.05) is 0 Å². The van der Waals surface area contributed by atoms with Crippen LogP contribution in [0.3, 0.4) is 0 Å². The molecule has 3 N–H and O–H groups in total. The molecule has 1 amide bonds. The minimum atomic E-state index is -3.84. The zero-order valence-electron chi connectivity index (χ0n) is 17.4. The Hall–Kier alpha value is -1.25. The van der Waals surface area contributed by atoms with E-state index in [1.165, 1.54) is 12.1 Å². The number of ketones is 1. The highest BCUT2D eigenvalue weighted by Crippen LogP contribution is 2.66. The van der Waals surface area contributed by atoms with Crippen molar-refractivity contribution in [1.29, 1.82) is 0 Å². The van der Waals surface area contributed by atoms with Crippen molar-refractivity contribution in [2.75, 3.05) is 0 Å². The average Bonchev–Trinajstić information content (AvgIpc) is 2.59. The zero-order chi connectivity index (χ0) is 21.9. The molecule has 8 heteroatoms. The molecule has 1 aromatic rings. The molecule has 1 aromatic carbocycles. The van der Waals surface area contributed by atoms with Crippen LogP contribution in [-0.4, -0.2) is 25.6 Å². The smallest absolute Gasteiger partial charge is 0.241 e. The van der Waals surface area contributed by atoms with Crippen molar-refractivity contribution < 1.29 is 18.0 Å². The van der Waals surface area contributed by atoms with Crippen LogP contribution in [0.4, 0.5) is 0 Å². The van der Waals surface area contributed by atoms with Gasteiger partial charge in [0.05, 0.1) is 15.8 Å². The van der Waals surface area contributed by atoms with Crippen LogP contribution in [0.25, 0.3) is 0 Å². The van der Waals surface area contributed by atoms with E-state index in [-0.39, 0.29) is 28.4 Å². The Morgan fingerprint density at radius 2 is 1.70 bits per heavy atom. The second-order valence-electron chi connectivity index (χ2n) is 10.4. The number of hydrogen-bond acceptors (Lipinski definition) is 4. The van der Waals surface area contributed by atoms with Crippen molar-refractivity contribution >= 4 is 37.6 Å². The fourth-order valence-electron chi connectivity index (χ4n) is 6.57. The van der Waals surface area contributed by atoms with Gasteiger partial charge in [-0.2, -0.15) is 4.72 Å². The number of rotatable bonds is 7. The topological polar surface area (TPSA) is 106 Å². The van der Waals surface area contributed by atoms with Gasteiger partial charge in [-0.25, -0.2) is 8.42 Å². The van der Waals surface area contributed by atoms with Gasteiger partial charge in [0.1, 0.15) is 0 Å². The van der Waals surface area contributed by atoms with Crippen molar-refractivity contribution in [2.24, 2.45) is 28.4 Å². The van der Waals surface area contributed by atoms with E-state index in [2.05, 4.69) is 20.7 Å². The lowest BCUT2D eigenvalue weighted by molar-refractivity contribution is -0.158. The quantitative estimate of drug-likeness (QED) is 0.601. The monoisotopic (exact) mass is 496 g/mol. The lowest BCUT2D eigenvalue weighted by Crippen LogP contribution is -2.58. The number of sulfonamides is 1. The minimum absolute atomic E-state index is 0.120. The van der Waals surface area contributed by atoms with Crippen LogP contribution in [0.5, 0.6) is 0 Å². The van der Waals surface area contributed by atoms with Gasteiger partial charge in [0, 0.05) is 10.9 Å². The molecule has 5 rings (SSSR count). The van der Waals surface area contributed by atoms with E-state index >= 15 is 0 Å². The molecular weight excluding hydrogens is 468 g/mol. The van der Waals surface area contributed by atoms with E-state index < -0.39 is 21.0 Å². The van der Waals surface area contributed by atoms with Gasteiger partial charge in [0.25, 0.3) is 0 Å². The van der Waals surface area contributed by atoms with E-state index in [0.717, 1.165) is 36.6 Å². The Morgan fingerprint density at radius 3 is 2.23 bits per heavy atom. The van der Waals surface area contributed by atoms with Crippen molar-refractivity contribution in [3.63, 3.8) is 0 Å². The lowest BCUT2D eigenvalue weighted by atomic mass is 9.43. The number of primary amides is 1. The number of benzene rings is 1. The molecule has 4 aliphatic rings. The third-order valence-electron chi connectivity index (χ3n) is 7.45. The highest BCUT2D eigenvalue weighted by atomic mass is 79.9. The molecule has 0 radical (unpaired) electrons. The molecule has 0 saturated heterocycles. The predicted octanol–water partition coefficient (Wildman–Crippen LogP) is 3.54. The molecule has 4 aliphatic carbocycles. The zero-order valence-corrected chi connectivity index (χ0v) is 19.8. The standard InChI is InChI=1S/C22H29BrN2O4S/c1-20(2,25-30(28,29)17-5-3-16(23)4-6-17)18(26)12-21-8-14-7-15(9-21)11-22(10-14,13-21)19(24)27/h3-6,14-15,25H,7-13H2,1-2H3,(H2,24,27). The number of hydrogen-bond donors (Lipinski definition) is 2. The van der Waals surface area contributed by atoms with E-state index in [4.69, 9.17) is 5.73 Å². The van der Waals surface area contributed by atoms with Gasteiger partial charge < -0.3 is 5.73 Å². The summed E-state index contributed by atoms with van der Waals surface area (Å²) in [7, 11) is -3.84. The van der Waals surface area contributed by atoms with Crippen molar-refractivity contribution in [2.45, 2.75) is 69.2 Å². The summed E-state index contributed by atoms with van der Waals surface area (Å²) in [6, 6.07) is 6.32. The highest BCUT2D eigenvalue weighted by Gasteiger charge is 2.60. The molecule has 0 spiro atoms. The summed E-state index contributed by atoms with van der Waals surface area (Å²) in [4.78, 5) is 25.7. The number of nitrogens with two attached hydrogens (primary N) is 1. The Morgan fingerprint density at radius 1 is 1.13 bits per heavy atom. The average molecular weight is 497 g/mol. The fourth-order valence-corrected chi connectivity index (χ4v) is 8.24. The van der Waals surface area contributed by atoms with E-state index in [1.54, 1.807) is 26.0 Å². The SMILES string of the molecule is CC(C)(NS(=O)(=O)c1ccc(Br)cc1)C(=O)CC12CC3CC(C1)CC(C(N)=O)(C3)C2. The Kier molecular flexibility index (Phi) is 5.22. The number of nitrogens with one attached hydrogen (secondary N) is 1. The first-order valence-corrected chi connectivity index (χ1v) is 12.8. The summed E-state index contributed by atoms with van der Waals surface area (Å²) >= 11 is 3.30. The molecule has 0 aliphatic heterocycles. The minimum Gasteiger partial charge on any atom is -0.369 e. The van der Waals surface area contributed by atoms with Crippen LogP contribution in [0.1, 0.15) is 58.8 Å². The summed E-state index contributed by atoms with van der Waals surface area (Å²) in [5.74, 6) is 0.511. The number of amides is 1. The van der Waals surface area contributed by atoms with Crippen molar-refractivity contribution in [3.8, 4) is 0 Å². The van der Waals surface area contributed by atoms with Gasteiger partial charge >= 0.3 is 0 Å². The van der Waals surface area contributed by atoms with E-state index in [0.29, 0.717) is 18.3 Å². The Balaban J connectivity index is 1.53. The number of carbonyl (C=O) groups is 2. The molecule has 30 heavy (non-hydrogen) atoms. The maximum atomic E-state index is 13.3. The van der Waals surface area contributed by atoms with Gasteiger partial charge in [-0.05, 0) is 93.9 Å². The fraction of sp³-hybridized carbons (Fsp3) is 0.636. The summed E-state index contributed by atoms with van der Waals surface area (Å²) in [5, 5.41) is 0. The van der Waals surface area contributed by atoms with Crippen LogP contribution in [0.2, 0.25) is 0 Å². The van der Waals surface area contributed by atoms with Gasteiger partial charge in [-0.3, -0.25) is 9.59 Å². The summed E-state index contributed by atoms with van der Waals surface area (Å²) in [6.45, 7) is 3.24. The van der Waals surface area contributed by atoms with Gasteiger partial charge in [0.2, 0.25) is 15.9 Å². The van der Waals surface area contributed by atoms with Crippen molar-refractivity contribution in [1.82, 2.24) is 4.72 Å². The Labute approximate surface area is 186 Å². The Bertz CT molecular complexity index is 973. The molecule has 4 saturated carbocycles. The molecule has 4 fully saturated rings. The second-order valence-corrected chi connectivity index (χ2v) is 13.0. The van der Waals surface area contributed by atoms with Gasteiger partial charge in [0.15, 0.2) is 5.78 Å². The maximum absolute atomic E-state index is 13.3. The van der Waals surface area contributed by atoms with E-state index in [9.17, 15) is 18.0 Å². The first-order valence-electron chi connectivity index (χ1n) is 10.5. The largest absolute Gasteiger partial charge is 0.369 e. The molecule has 164 valence electrons. The number of Topliss-reactive ketones (excluding diaryl/α,β-unsaturated/α-hetero) is 1. The second kappa shape index (κ2) is 7.14. The maximum Gasteiger partial charge on any atom is 0.241 e. The van der Waals surface area contributed by atoms with Crippen LogP contribution in [-0.2, 0) is 19.6 Å². The van der Waals surface area contributed by atoms with Crippen molar-refractivity contribution in [3.05, 3.63) is 28.7 Å². The summed E-state index contributed by atoms with van der Waals surface area (Å²) < 4.78 is 29.0. The first-order chi connectivity index (χ1) is 13.8. The van der Waals surface area contributed by atoms with Gasteiger partial charge in [-0.1, -0.05) is 15.9 Å². The lowest BCUT2D eigenvalue weighted by Gasteiger charge is -2.61. The molecule has 0 aromatic heterocycles. The molecular formula is C22H29BrN2O4S.